The van der Waals surface area contributed by atoms with Gasteiger partial charge in [0.15, 0.2) is 0 Å². The SMILES string of the molecule is CC(C)C[C@H]1CC[C@@]2(C1)C[C@H]1C[C@@H](C2)[C@]23C[C@@H]4CC[C@@H](CO)[C@](N)([C@@H]2C#C[C@@H]2C=C[C@@H]1c1ccc(O)cc12)[C@@H]4C(C)(C)O3. The van der Waals surface area contributed by atoms with Crippen molar-refractivity contribution in [3.63, 3.8) is 0 Å². The van der Waals surface area contributed by atoms with Gasteiger partial charge in [0.25, 0.3) is 0 Å². The average Bonchev–Trinajstić information content (AvgIpc) is 3.30. The maximum Gasteiger partial charge on any atom is 0.115 e. The van der Waals surface area contributed by atoms with Crippen molar-refractivity contribution < 1.29 is 14.9 Å². The fraction of sp³-hybridized carbons (Fsp3) is 0.744. The molecule has 6 aliphatic carbocycles. The van der Waals surface area contributed by atoms with E-state index in [1.807, 2.05) is 12.1 Å². The Balaban J connectivity index is 1.33. The molecule has 2 saturated heterocycles. The van der Waals surface area contributed by atoms with E-state index in [4.69, 9.17) is 10.5 Å². The smallest absolute Gasteiger partial charge is 0.115 e. The van der Waals surface area contributed by atoms with Crippen LogP contribution in [0.2, 0.25) is 0 Å². The molecule has 43 heavy (non-hydrogen) atoms. The third-order valence-corrected chi connectivity index (χ3v) is 14.0. The van der Waals surface area contributed by atoms with Crippen LogP contribution in [0.25, 0.3) is 0 Å². The Labute approximate surface area is 259 Å². The first-order chi connectivity index (χ1) is 20.5. The summed E-state index contributed by atoms with van der Waals surface area (Å²) in [6.07, 6.45) is 17.0. The zero-order chi connectivity index (χ0) is 29.9. The van der Waals surface area contributed by atoms with Crippen LogP contribution in [0.5, 0.6) is 5.75 Å². The molecule has 1 aromatic rings. The lowest BCUT2D eigenvalue weighted by atomic mass is 9.40. The van der Waals surface area contributed by atoms with Crippen LogP contribution in [0.15, 0.2) is 30.4 Å². The largest absolute Gasteiger partial charge is 0.508 e. The van der Waals surface area contributed by atoms with E-state index in [0.29, 0.717) is 34.8 Å². The molecule has 2 aliphatic heterocycles. The Kier molecular flexibility index (Phi) is 6.40. The molecular formula is C39H53NO3. The van der Waals surface area contributed by atoms with Crippen molar-refractivity contribution in [2.75, 3.05) is 6.61 Å². The van der Waals surface area contributed by atoms with Gasteiger partial charge >= 0.3 is 0 Å². The van der Waals surface area contributed by atoms with Crippen LogP contribution >= 0.6 is 0 Å². The molecule has 4 saturated carbocycles. The third-order valence-electron chi connectivity index (χ3n) is 14.0. The van der Waals surface area contributed by atoms with Gasteiger partial charge in [-0.1, -0.05) is 43.9 Å². The minimum Gasteiger partial charge on any atom is -0.508 e. The fourth-order valence-corrected chi connectivity index (χ4v) is 13.1. The number of hydrogen-bond acceptors (Lipinski definition) is 4. The van der Waals surface area contributed by atoms with Crippen LogP contribution in [0, 0.1) is 64.6 Å². The van der Waals surface area contributed by atoms with Gasteiger partial charge in [0.05, 0.1) is 23.0 Å². The zero-order valence-electron chi connectivity index (χ0n) is 26.8. The maximum absolute atomic E-state index is 10.8. The first kappa shape index (κ1) is 28.7. The van der Waals surface area contributed by atoms with Crippen molar-refractivity contribution in [2.45, 2.75) is 120 Å². The van der Waals surface area contributed by atoms with Crippen molar-refractivity contribution in [2.24, 2.45) is 58.5 Å². The number of allylic oxidation sites excluding steroid dienone is 2. The fourth-order valence-electron chi connectivity index (χ4n) is 13.1. The molecule has 0 radical (unpaired) electrons. The number of phenolic OH excluding ortho intramolecular Hbond substituents is 1. The summed E-state index contributed by atoms with van der Waals surface area (Å²) >= 11 is 0. The van der Waals surface area contributed by atoms with Gasteiger partial charge in [-0.05, 0) is 136 Å². The number of ether oxygens (including phenoxy) is 1. The summed E-state index contributed by atoms with van der Waals surface area (Å²) in [5, 5.41) is 21.4. The standard InChI is InChI=1S/C39H53NO3/c1-23(2)15-24-13-14-37(18-24)19-27-16-29(21-37)38-20-26-5-8-28(22-41)39(40,35(26)36(3,4)43-38)34(38)12-7-25-6-10-31(27)32-11-9-30(42)17-33(25)32/h6,9-11,17,23-29,31,34-35,41-42H,5,8,13-16,18-22,40H2,1-4H3/t24-,25+,26+,27-,28+,29+,31+,34-,35+,37-,38-,39+/m1/s1. The molecule has 8 aliphatic rings. The van der Waals surface area contributed by atoms with E-state index in [0.717, 1.165) is 37.5 Å². The van der Waals surface area contributed by atoms with E-state index in [1.165, 1.54) is 49.7 Å². The highest BCUT2D eigenvalue weighted by Crippen LogP contribution is 2.70. The van der Waals surface area contributed by atoms with Gasteiger partial charge in [-0.3, -0.25) is 0 Å². The number of aliphatic hydroxyl groups is 1. The van der Waals surface area contributed by atoms with Crippen LogP contribution in [0.3, 0.4) is 0 Å². The minimum absolute atomic E-state index is 0.0412. The van der Waals surface area contributed by atoms with Crippen molar-refractivity contribution in [1.82, 2.24) is 0 Å². The van der Waals surface area contributed by atoms with Crippen LogP contribution in [0.4, 0.5) is 0 Å². The van der Waals surface area contributed by atoms with Crippen LogP contribution in [0.1, 0.15) is 115 Å². The first-order valence-electron chi connectivity index (χ1n) is 17.6. The molecular weight excluding hydrogens is 530 g/mol. The van der Waals surface area contributed by atoms with Gasteiger partial charge in [-0.25, -0.2) is 0 Å². The number of aliphatic hydroxyl groups excluding tert-OH is 1. The average molecular weight is 584 g/mol. The molecule has 2 heterocycles. The molecule has 4 N–H and O–H groups in total. The number of aromatic hydroxyl groups is 1. The number of phenols is 1. The predicted molar refractivity (Wildman–Crippen MR) is 170 cm³/mol. The zero-order valence-corrected chi connectivity index (χ0v) is 26.8. The molecule has 8 bridgehead atoms. The summed E-state index contributed by atoms with van der Waals surface area (Å²) in [5.74, 6) is 11.4. The lowest BCUT2D eigenvalue weighted by molar-refractivity contribution is -0.342. The summed E-state index contributed by atoms with van der Waals surface area (Å²) in [6, 6.07) is 6.05. The van der Waals surface area contributed by atoms with Gasteiger partial charge in [0.2, 0.25) is 0 Å². The second kappa shape index (κ2) is 9.60. The topological polar surface area (TPSA) is 75.7 Å². The van der Waals surface area contributed by atoms with E-state index >= 15 is 0 Å². The van der Waals surface area contributed by atoms with E-state index in [1.54, 1.807) is 0 Å². The molecule has 1 aromatic carbocycles. The molecule has 4 nitrogen and oxygen atoms in total. The van der Waals surface area contributed by atoms with E-state index in [9.17, 15) is 10.2 Å². The van der Waals surface area contributed by atoms with Crippen molar-refractivity contribution >= 4 is 0 Å². The highest BCUT2D eigenvalue weighted by Gasteiger charge is 2.74. The normalized spacial score (nSPS) is 48.4. The van der Waals surface area contributed by atoms with Crippen LogP contribution < -0.4 is 5.73 Å². The van der Waals surface area contributed by atoms with Crippen LogP contribution in [-0.4, -0.2) is 33.6 Å². The van der Waals surface area contributed by atoms with Crippen molar-refractivity contribution in [3.05, 3.63) is 41.5 Å². The Morgan fingerprint density at radius 2 is 1.84 bits per heavy atom. The second-order valence-electron chi connectivity index (χ2n) is 17.3. The maximum atomic E-state index is 10.8. The Hall–Kier alpha value is -1.80. The summed E-state index contributed by atoms with van der Waals surface area (Å²) in [5.41, 5.74) is 9.39. The Morgan fingerprint density at radius 1 is 1.00 bits per heavy atom. The van der Waals surface area contributed by atoms with E-state index < -0.39 is 11.1 Å². The number of benzene rings is 1. The molecule has 0 unspecified atom stereocenters. The second-order valence-corrected chi connectivity index (χ2v) is 17.3. The number of rotatable bonds is 3. The molecule has 2 spiro atoms. The van der Waals surface area contributed by atoms with Gasteiger partial charge in [0.1, 0.15) is 5.75 Å². The van der Waals surface area contributed by atoms with E-state index in [2.05, 4.69) is 57.8 Å². The molecule has 4 heteroatoms. The monoisotopic (exact) mass is 583 g/mol. The van der Waals surface area contributed by atoms with Gasteiger partial charge in [-0.15, -0.1) is 0 Å². The predicted octanol–water partition coefficient (Wildman–Crippen LogP) is 7.29. The quantitative estimate of drug-likeness (QED) is 0.258. The first-order valence-corrected chi connectivity index (χ1v) is 17.6. The molecule has 6 fully saturated rings. The number of nitrogens with two attached hydrogens (primary N) is 1. The van der Waals surface area contributed by atoms with Gasteiger partial charge in [0, 0.05) is 29.9 Å². The molecule has 232 valence electrons. The summed E-state index contributed by atoms with van der Waals surface area (Å²) in [6.45, 7) is 9.50. The third kappa shape index (κ3) is 4.06. The summed E-state index contributed by atoms with van der Waals surface area (Å²) in [4.78, 5) is 0. The Morgan fingerprint density at radius 3 is 2.63 bits per heavy atom. The summed E-state index contributed by atoms with van der Waals surface area (Å²) < 4.78 is 7.57. The highest BCUT2D eigenvalue weighted by atomic mass is 16.5. The molecule has 0 amide bonds. The van der Waals surface area contributed by atoms with Crippen molar-refractivity contribution in [3.8, 4) is 17.6 Å². The molecule has 9 rings (SSSR count). The number of fused-ring (bicyclic) bond motifs is 9. The molecule has 0 aromatic heterocycles. The van der Waals surface area contributed by atoms with Gasteiger partial charge in [-0.2, -0.15) is 0 Å². The van der Waals surface area contributed by atoms with Gasteiger partial charge < -0.3 is 20.7 Å². The van der Waals surface area contributed by atoms with Crippen molar-refractivity contribution in [1.29, 1.82) is 0 Å². The lowest BCUT2D eigenvalue weighted by Crippen LogP contribution is -2.82. The molecule has 12 atom stereocenters. The van der Waals surface area contributed by atoms with Crippen LogP contribution in [-0.2, 0) is 4.74 Å². The summed E-state index contributed by atoms with van der Waals surface area (Å²) in [7, 11) is 0. The van der Waals surface area contributed by atoms with E-state index in [-0.39, 0.29) is 35.9 Å². The highest BCUT2D eigenvalue weighted by molar-refractivity contribution is 5.50. The lowest BCUT2D eigenvalue weighted by Gasteiger charge is -2.73. The minimum atomic E-state index is -0.571. The number of hydrogen-bond donors (Lipinski definition) is 3. The Bertz CT molecular complexity index is 1390.